The lowest BCUT2D eigenvalue weighted by molar-refractivity contribution is -0.354. The minimum atomic E-state index is 0.653. The summed E-state index contributed by atoms with van der Waals surface area (Å²) in [6.07, 6.45) is 3.71. The summed E-state index contributed by atoms with van der Waals surface area (Å²) in [5.74, 6) is 0. The van der Waals surface area contributed by atoms with Crippen molar-refractivity contribution in [2.24, 2.45) is 0 Å². The van der Waals surface area contributed by atoms with Gasteiger partial charge in [-0.2, -0.15) is 4.74 Å². The molecule has 2 nitrogen and oxygen atoms in total. The van der Waals surface area contributed by atoms with E-state index in [1.54, 1.807) is 18.0 Å². The van der Waals surface area contributed by atoms with Crippen LogP contribution in [0.2, 0.25) is 0 Å². The summed E-state index contributed by atoms with van der Waals surface area (Å²) in [5, 5.41) is 14.8. The maximum Gasteiger partial charge on any atom is 0.216 e. The maximum absolute atomic E-state index is 12.5. The minimum Gasteiger partial charge on any atom is -0.618 e. The monoisotopic (exact) mass is 307 g/mol. The van der Waals surface area contributed by atoms with Gasteiger partial charge in [-0.05, 0) is 35.6 Å². The Morgan fingerprint density at radius 2 is 1.82 bits per heavy atom. The first kappa shape index (κ1) is 14.7. The molecular weight excluding hydrogens is 290 g/mol. The highest BCUT2D eigenvalue weighted by Crippen LogP contribution is 2.27. The summed E-state index contributed by atoms with van der Waals surface area (Å²) in [6.45, 7) is 1.99. The molecule has 0 amide bonds. The van der Waals surface area contributed by atoms with Crippen molar-refractivity contribution in [3.05, 3.63) is 77.0 Å². The molecule has 0 unspecified atom stereocenters. The van der Waals surface area contributed by atoms with E-state index in [4.69, 9.17) is 0 Å². The molecule has 0 aliphatic heterocycles. The van der Waals surface area contributed by atoms with Crippen molar-refractivity contribution >= 4 is 34.4 Å². The van der Waals surface area contributed by atoms with E-state index in [2.05, 4.69) is 24.3 Å². The molecule has 0 aliphatic carbocycles. The zero-order valence-electron chi connectivity index (χ0n) is 12.6. The lowest BCUT2D eigenvalue weighted by atomic mass is 10.1. The molecule has 110 valence electrons. The lowest BCUT2D eigenvalue weighted by Crippen LogP contribution is -2.01. The smallest absolute Gasteiger partial charge is 0.216 e. The van der Waals surface area contributed by atoms with Crippen LogP contribution >= 0.6 is 11.8 Å². The first-order chi connectivity index (χ1) is 10.7. The molecule has 0 fully saturated rings. The normalized spacial score (nSPS) is 11.8. The predicted octanol–water partition coefficient (Wildman–Crippen LogP) is 5.13. The van der Waals surface area contributed by atoms with E-state index in [0.29, 0.717) is 5.69 Å². The molecule has 0 spiro atoms. The fourth-order valence-electron chi connectivity index (χ4n) is 2.54. The van der Waals surface area contributed by atoms with E-state index in [1.807, 2.05) is 49.6 Å². The molecule has 0 N–H and O–H groups in total. The fourth-order valence-corrected chi connectivity index (χ4v) is 3.13. The van der Waals surface area contributed by atoms with Gasteiger partial charge in [-0.25, -0.2) is 0 Å². The average Bonchev–Trinajstić information content (AvgIpc) is 2.55. The molecule has 0 saturated carbocycles. The Morgan fingerprint density at radius 3 is 2.59 bits per heavy atom. The summed E-state index contributed by atoms with van der Waals surface area (Å²) in [7, 11) is 0. The van der Waals surface area contributed by atoms with E-state index >= 15 is 0 Å². The van der Waals surface area contributed by atoms with E-state index in [9.17, 15) is 5.21 Å². The zero-order valence-corrected chi connectivity index (χ0v) is 13.4. The number of fused-ring (bicyclic) bond motifs is 1. The molecule has 0 heterocycles. The van der Waals surface area contributed by atoms with E-state index < -0.39 is 0 Å². The molecule has 0 atom stereocenters. The largest absolute Gasteiger partial charge is 0.618 e. The highest BCUT2D eigenvalue weighted by molar-refractivity contribution is 7.98. The summed E-state index contributed by atoms with van der Waals surface area (Å²) in [4.78, 5) is 1.10. The van der Waals surface area contributed by atoms with Crippen LogP contribution < -0.4 is 0 Å². The Hall–Kier alpha value is -2.26. The van der Waals surface area contributed by atoms with Crippen LogP contribution in [0.4, 0.5) is 5.69 Å². The predicted molar refractivity (Wildman–Crippen MR) is 95.4 cm³/mol. The topological polar surface area (TPSA) is 26.1 Å². The van der Waals surface area contributed by atoms with Gasteiger partial charge in [-0.3, -0.25) is 0 Å². The van der Waals surface area contributed by atoms with Gasteiger partial charge in [0.05, 0.1) is 5.56 Å². The second kappa shape index (κ2) is 6.24. The summed E-state index contributed by atoms with van der Waals surface area (Å²) in [6, 6.07) is 19.9. The number of nitrogens with zero attached hydrogens (tertiary/aromatic N) is 1. The SMILES string of the molecule is CSc1ccc2ccccc2c1C=[N+]([O-])c1cccc(C)c1. The molecular formula is C19H17NOS. The van der Waals surface area contributed by atoms with Crippen molar-refractivity contribution in [3.63, 3.8) is 0 Å². The number of aryl methyl sites for hydroxylation is 1. The lowest BCUT2D eigenvalue weighted by Gasteiger charge is -2.09. The third-order valence-electron chi connectivity index (χ3n) is 3.65. The minimum absolute atomic E-state index is 0.653. The van der Waals surface area contributed by atoms with Crippen molar-refractivity contribution in [3.8, 4) is 0 Å². The van der Waals surface area contributed by atoms with Gasteiger partial charge in [0.2, 0.25) is 5.69 Å². The van der Waals surface area contributed by atoms with Crippen LogP contribution in [0.5, 0.6) is 0 Å². The second-order valence-corrected chi connectivity index (χ2v) is 6.04. The zero-order chi connectivity index (χ0) is 15.5. The van der Waals surface area contributed by atoms with Crippen molar-refractivity contribution in [1.82, 2.24) is 0 Å². The number of hydrogen-bond acceptors (Lipinski definition) is 2. The van der Waals surface area contributed by atoms with Crippen LogP contribution in [-0.2, 0) is 0 Å². The standard InChI is InChI=1S/C19H17NOS/c1-14-6-5-8-16(12-14)20(21)13-18-17-9-4-3-7-15(17)10-11-19(18)22-2/h3-13H,1-2H3. The highest BCUT2D eigenvalue weighted by Gasteiger charge is 2.10. The van der Waals surface area contributed by atoms with Gasteiger partial charge in [0.15, 0.2) is 6.21 Å². The van der Waals surface area contributed by atoms with Crippen LogP contribution in [0.1, 0.15) is 11.1 Å². The Bertz CT molecular complexity index is 855. The van der Waals surface area contributed by atoms with Gasteiger partial charge < -0.3 is 5.21 Å². The number of rotatable bonds is 3. The first-order valence-electron chi connectivity index (χ1n) is 7.12. The Morgan fingerprint density at radius 1 is 1.00 bits per heavy atom. The Balaban J connectivity index is 2.18. The highest BCUT2D eigenvalue weighted by atomic mass is 32.2. The first-order valence-corrected chi connectivity index (χ1v) is 8.35. The fraction of sp³-hybridized carbons (Fsp3) is 0.105. The third kappa shape index (κ3) is 2.85. The van der Waals surface area contributed by atoms with Crippen molar-refractivity contribution in [2.75, 3.05) is 6.26 Å². The van der Waals surface area contributed by atoms with Crippen molar-refractivity contribution < 1.29 is 4.74 Å². The molecule has 0 saturated heterocycles. The van der Waals surface area contributed by atoms with Gasteiger partial charge in [-0.15, -0.1) is 11.8 Å². The quantitative estimate of drug-likeness (QED) is 0.220. The second-order valence-electron chi connectivity index (χ2n) is 5.20. The van der Waals surface area contributed by atoms with Crippen LogP contribution in [0, 0.1) is 12.1 Å². The van der Waals surface area contributed by atoms with E-state index in [0.717, 1.165) is 31.5 Å². The summed E-state index contributed by atoms with van der Waals surface area (Å²) < 4.78 is 0.953. The van der Waals surface area contributed by atoms with Crippen LogP contribution in [0.25, 0.3) is 10.8 Å². The molecule has 0 aromatic heterocycles. The van der Waals surface area contributed by atoms with Crippen LogP contribution in [-0.4, -0.2) is 17.2 Å². The van der Waals surface area contributed by atoms with Crippen LogP contribution in [0.15, 0.2) is 65.6 Å². The number of hydrogen-bond donors (Lipinski definition) is 0. The Labute approximate surface area is 134 Å². The van der Waals surface area contributed by atoms with Gasteiger partial charge in [0.1, 0.15) is 0 Å². The van der Waals surface area contributed by atoms with Crippen LogP contribution in [0.3, 0.4) is 0 Å². The maximum atomic E-state index is 12.5. The summed E-state index contributed by atoms with van der Waals surface area (Å²) >= 11 is 1.65. The molecule has 3 aromatic carbocycles. The van der Waals surface area contributed by atoms with E-state index in [-0.39, 0.29) is 0 Å². The van der Waals surface area contributed by atoms with Gasteiger partial charge in [0.25, 0.3) is 0 Å². The van der Waals surface area contributed by atoms with E-state index in [1.165, 1.54) is 0 Å². The van der Waals surface area contributed by atoms with Gasteiger partial charge in [0, 0.05) is 17.0 Å². The summed E-state index contributed by atoms with van der Waals surface area (Å²) in [5.41, 5.74) is 2.71. The molecule has 22 heavy (non-hydrogen) atoms. The third-order valence-corrected chi connectivity index (χ3v) is 4.45. The molecule has 3 rings (SSSR count). The molecule has 0 aliphatic rings. The van der Waals surface area contributed by atoms with Crippen molar-refractivity contribution in [1.29, 1.82) is 0 Å². The molecule has 0 radical (unpaired) electrons. The van der Waals surface area contributed by atoms with Gasteiger partial charge >= 0.3 is 0 Å². The van der Waals surface area contributed by atoms with Crippen molar-refractivity contribution in [2.45, 2.75) is 11.8 Å². The number of benzene rings is 3. The number of thioether (sulfide) groups is 1. The van der Waals surface area contributed by atoms with Gasteiger partial charge in [-0.1, -0.05) is 42.5 Å². The molecule has 3 heteroatoms. The Kier molecular flexibility index (Phi) is 4.16. The molecule has 0 bridgehead atoms. The molecule has 3 aromatic rings. The average molecular weight is 307 g/mol.